The Kier molecular flexibility index (Phi) is 3.75. The van der Waals surface area contributed by atoms with Gasteiger partial charge in [0.25, 0.3) is 0 Å². The molecule has 0 saturated heterocycles. The fourth-order valence-electron chi connectivity index (χ4n) is 1.97. The van der Waals surface area contributed by atoms with Crippen LogP contribution in [0.5, 0.6) is 0 Å². The Bertz CT molecular complexity index is 548. The number of benzene rings is 1. The van der Waals surface area contributed by atoms with Gasteiger partial charge in [0.05, 0.1) is 4.90 Å². The Labute approximate surface area is 109 Å². The van der Waals surface area contributed by atoms with Crippen LogP contribution in [0.1, 0.15) is 29.5 Å². The van der Waals surface area contributed by atoms with E-state index in [-0.39, 0.29) is 6.04 Å². The molecule has 1 aromatic carbocycles. The number of sulfonamides is 1. The van der Waals surface area contributed by atoms with Crippen LogP contribution in [0.15, 0.2) is 17.0 Å². The van der Waals surface area contributed by atoms with Crippen molar-refractivity contribution in [3.8, 4) is 0 Å². The standard InChI is InChI=1S/C13H20N2O2S/c1-9-6-11(8-14-3)7-13(10(9)2)18(16,17)15-12-4-5-12/h6-7,12,14-15H,4-5,8H2,1-3H3. The van der Waals surface area contributed by atoms with E-state index in [0.29, 0.717) is 11.4 Å². The van der Waals surface area contributed by atoms with Gasteiger partial charge in [0.15, 0.2) is 0 Å². The van der Waals surface area contributed by atoms with E-state index in [1.165, 1.54) is 0 Å². The van der Waals surface area contributed by atoms with Crippen LogP contribution in [-0.2, 0) is 16.6 Å². The molecule has 18 heavy (non-hydrogen) atoms. The van der Waals surface area contributed by atoms with Gasteiger partial charge in [-0.2, -0.15) is 0 Å². The summed E-state index contributed by atoms with van der Waals surface area (Å²) in [5.74, 6) is 0. The van der Waals surface area contributed by atoms with Gasteiger partial charge in [-0.3, -0.25) is 0 Å². The molecule has 0 amide bonds. The second kappa shape index (κ2) is 4.99. The summed E-state index contributed by atoms with van der Waals surface area (Å²) in [5, 5.41) is 3.05. The van der Waals surface area contributed by atoms with Crippen molar-refractivity contribution < 1.29 is 8.42 Å². The Morgan fingerprint density at radius 1 is 1.28 bits per heavy atom. The highest BCUT2D eigenvalue weighted by Gasteiger charge is 2.29. The Morgan fingerprint density at radius 3 is 2.50 bits per heavy atom. The summed E-state index contributed by atoms with van der Waals surface area (Å²) in [6.45, 7) is 4.48. The van der Waals surface area contributed by atoms with Crippen LogP contribution in [0, 0.1) is 13.8 Å². The third-order valence-corrected chi connectivity index (χ3v) is 4.90. The first-order valence-corrected chi connectivity index (χ1v) is 7.69. The van der Waals surface area contributed by atoms with E-state index in [1.807, 2.05) is 27.0 Å². The second-order valence-corrected chi connectivity index (χ2v) is 6.64. The largest absolute Gasteiger partial charge is 0.316 e. The number of hydrogen-bond donors (Lipinski definition) is 2. The van der Waals surface area contributed by atoms with Crippen LogP contribution in [-0.4, -0.2) is 21.5 Å². The maximum Gasteiger partial charge on any atom is 0.241 e. The summed E-state index contributed by atoms with van der Waals surface area (Å²) >= 11 is 0. The molecule has 2 rings (SSSR count). The molecule has 0 aromatic heterocycles. The van der Waals surface area contributed by atoms with Gasteiger partial charge in [-0.05, 0) is 56.5 Å². The first kappa shape index (κ1) is 13.5. The third kappa shape index (κ3) is 2.91. The molecule has 0 heterocycles. The van der Waals surface area contributed by atoms with Crippen molar-refractivity contribution in [2.45, 2.75) is 44.2 Å². The van der Waals surface area contributed by atoms with E-state index >= 15 is 0 Å². The molecular formula is C13H20N2O2S. The SMILES string of the molecule is CNCc1cc(C)c(C)c(S(=O)(=O)NC2CC2)c1. The minimum Gasteiger partial charge on any atom is -0.316 e. The van der Waals surface area contributed by atoms with Crippen LogP contribution in [0.3, 0.4) is 0 Å². The van der Waals surface area contributed by atoms with Crippen LogP contribution in [0.2, 0.25) is 0 Å². The number of hydrogen-bond acceptors (Lipinski definition) is 3. The summed E-state index contributed by atoms with van der Waals surface area (Å²) in [6, 6.07) is 3.94. The molecule has 5 heteroatoms. The molecule has 1 aliphatic carbocycles. The normalized spacial score (nSPS) is 15.9. The zero-order valence-electron chi connectivity index (χ0n) is 11.1. The first-order chi connectivity index (χ1) is 8.44. The smallest absolute Gasteiger partial charge is 0.241 e. The van der Waals surface area contributed by atoms with E-state index in [2.05, 4.69) is 10.0 Å². The van der Waals surface area contributed by atoms with Crippen molar-refractivity contribution in [2.24, 2.45) is 0 Å². The van der Waals surface area contributed by atoms with Gasteiger partial charge in [-0.15, -0.1) is 0 Å². The van der Waals surface area contributed by atoms with Gasteiger partial charge in [0.2, 0.25) is 10.0 Å². The Balaban J connectivity index is 2.41. The molecule has 2 N–H and O–H groups in total. The second-order valence-electron chi connectivity index (χ2n) is 4.96. The summed E-state index contributed by atoms with van der Waals surface area (Å²) < 4.78 is 27.3. The Morgan fingerprint density at radius 2 is 1.94 bits per heavy atom. The van der Waals surface area contributed by atoms with Crippen molar-refractivity contribution in [1.82, 2.24) is 10.0 Å². The molecule has 0 spiro atoms. The topological polar surface area (TPSA) is 58.2 Å². The molecule has 0 radical (unpaired) electrons. The maximum atomic E-state index is 12.3. The molecule has 0 atom stereocenters. The highest BCUT2D eigenvalue weighted by atomic mass is 32.2. The molecule has 0 bridgehead atoms. The van der Waals surface area contributed by atoms with E-state index < -0.39 is 10.0 Å². The van der Waals surface area contributed by atoms with Crippen molar-refractivity contribution in [1.29, 1.82) is 0 Å². The van der Waals surface area contributed by atoms with E-state index in [0.717, 1.165) is 29.5 Å². The van der Waals surface area contributed by atoms with Crippen molar-refractivity contribution in [3.05, 3.63) is 28.8 Å². The zero-order valence-corrected chi connectivity index (χ0v) is 11.9. The average Bonchev–Trinajstić information content (AvgIpc) is 3.06. The lowest BCUT2D eigenvalue weighted by atomic mass is 10.1. The molecule has 0 unspecified atom stereocenters. The molecule has 1 aromatic rings. The fourth-order valence-corrected chi connectivity index (χ4v) is 3.64. The number of rotatable bonds is 5. The van der Waals surface area contributed by atoms with Gasteiger partial charge >= 0.3 is 0 Å². The minimum atomic E-state index is -3.37. The molecule has 1 saturated carbocycles. The predicted octanol–water partition coefficient (Wildman–Crippen LogP) is 1.46. The van der Waals surface area contributed by atoms with Crippen molar-refractivity contribution in [2.75, 3.05) is 7.05 Å². The fraction of sp³-hybridized carbons (Fsp3) is 0.538. The number of aryl methyl sites for hydroxylation is 1. The van der Waals surface area contributed by atoms with Gasteiger partial charge in [0, 0.05) is 12.6 Å². The van der Waals surface area contributed by atoms with Gasteiger partial charge < -0.3 is 5.32 Å². The van der Waals surface area contributed by atoms with Crippen LogP contribution >= 0.6 is 0 Å². The Hall–Kier alpha value is -0.910. The van der Waals surface area contributed by atoms with Gasteiger partial charge in [-0.25, -0.2) is 13.1 Å². The van der Waals surface area contributed by atoms with Crippen molar-refractivity contribution >= 4 is 10.0 Å². The molecule has 100 valence electrons. The summed E-state index contributed by atoms with van der Waals surface area (Å²) in [5.41, 5.74) is 2.85. The highest BCUT2D eigenvalue weighted by Crippen LogP contribution is 2.25. The summed E-state index contributed by atoms with van der Waals surface area (Å²) in [7, 11) is -1.52. The quantitative estimate of drug-likeness (QED) is 0.850. The van der Waals surface area contributed by atoms with Crippen LogP contribution in [0.25, 0.3) is 0 Å². The van der Waals surface area contributed by atoms with E-state index in [4.69, 9.17) is 0 Å². The lowest BCUT2D eigenvalue weighted by Crippen LogP contribution is -2.26. The van der Waals surface area contributed by atoms with Gasteiger partial charge in [-0.1, -0.05) is 6.07 Å². The lowest BCUT2D eigenvalue weighted by Gasteiger charge is -2.13. The molecule has 0 aliphatic heterocycles. The first-order valence-electron chi connectivity index (χ1n) is 6.21. The molecule has 4 nitrogen and oxygen atoms in total. The lowest BCUT2D eigenvalue weighted by molar-refractivity contribution is 0.580. The summed E-state index contributed by atoms with van der Waals surface area (Å²) in [4.78, 5) is 0.416. The monoisotopic (exact) mass is 268 g/mol. The van der Waals surface area contributed by atoms with E-state index in [1.54, 1.807) is 6.07 Å². The maximum absolute atomic E-state index is 12.3. The summed E-state index contributed by atoms with van der Waals surface area (Å²) in [6.07, 6.45) is 1.90. The highest BCUT2D eigenvalue weighted by molar-refractivity contribution is 7.89. The average molecular weight is 268 g/mol. The van der Waals surface area contributed by atoms with E-state index in [9.17, 15) is 8.42 Å². The zero-order chi connectivity index (χ0) is 13.3. The molecule has 1 fully saturated rings. The minimum absolute atomic E-state index is 0.141. The number of nitrogens with one attached hydrogen (secondary N) is 2. The molecule has 1 aliphatic rings. The van der Waals surface area contributed by atoms with Crippen LogP contribution < -0.4 is 10.0 Å². The third-order valence-electron chi connectivity index (χ3n) is 3.25. The van der Waals surface area contributed by atoms with Crippen LogP contribution in [0.4, 0.5) is 0 Å². The van der Waals surface area contributed by atoms with Crippen molar-refractivity contribution in [3.63, 3.8) is 0 Å². The molecular weight excluding hydrogens is 248 g/mol. The van der Waals surface area contributed by atoms with Gasteiger partial charge in [0.1, 0.15) is 0 Å². The predicted molar refractivity (Wildman–Crippen MR) is 72.0 cm³/mol.